The summed E-state index contributed by atoms with van der Waals surface area (Å²) in [6.45, 7) is 0.554. The summed E-state index contributed by atoms with van der Waals surface area (Å²) in [6, 6.07) is 12.7. The van der Waals surface area contributed by atoms with Gasteiger partial charge >= 0.3 is 0 Å². The number of hydrogen-bond donors (Lipinski definition) is 3. The molecule has 0 bridgehead atoms. The molecule has 5 rings (SSSR count). The lowest BCUT2D eigenvalue weighted by molar-refractivity contribution is -0.203. The number of nitrogens with zero attached hydrogens (tertiary/aromatic N) is 4. The van der Waals surface area contributed by atoms with E-state index in [2.05, 4.69) is 39.6 Å². The van der Waals surface area contributed by atoms with E-state index in [1.165, 1.54) is 9.80 Å². The van der Waals surface area contributed by atoms with Crippen molar-refractivity contribution in [3.63, 3.8) is 0 Å². The Morgan fingerprint density at radius 3 is 3.06 bits per heavy atom. The van der Waals surface area contributed by atoms with Gasteiger partial charge in [0.05, 0.1) is 12.3 Å². The lowest BCUT2D eigenvalue weighted by Gasteiger charge is -2.15. The number of fused-ring (bicyclic) bond motifs is 2. The summed E-state index contributed by atoms with van der Waals surface area (Å²) in [5.74, 6) is 6.86. The number of hydrazine groups is 1. The Balaban J connectivity index is 0.00000245. The summed E-state index contributed by atoms with van der Waals surface area (Å²) >= 11 is 0.974. The van der Waals surface area contributed by atoms with Gasteiger partial charge in [0.2, 0.25) is 0 Å². The molecule has 4 aromatic rings. The van der Waals surface area contributed by atoms with E-state index in [1.54, 1.807) is 7.05 Å². The van der Waals surface area contributed by atoms with Crippen molar-refractivity contribution in [2.24, 2.45) is 11.8 Å². The van der Waals surface area contributed by atoms with Crippen LogP contribution >= 0.6 is 25.7 Å². The van der Waals surface area contributed by atoms with Crippen LogP contribution in [0, 0.1) is 5.92 Å². The highest BCUT2D eigenvalue weighted by Crippen LogP contribution is 2.30. The zero-order chi connectivity index (χ0) is 21.2. The Bertz CT molecular complexity index is 1180. The minimum absolute atomic E-state index is 0. The van der Waals surface area contributed by atoms with Gasteiger partial charge in [0, 0.05) is 48.0 Å². The number of anilines is 1. The highest BCUT2D eigenvalue weighted by molar-refractivity contribution is 7.92. The lowest BCUT2D eigenvalue weighted by Crippen LogP contribution is -2.19. The summed E-state index contributed by atoms with van der Waals surface area (Å²) in [6.07, 6.45) is 6.93. The van der Waals surface area contributed by atoms with Gasteiger partial charge in [0.15, 0.2) is 5.65 Å². The molecular formula is C21H27N7O2S2. The molecule has 2 atom stereocenters. The van der Waals surface area contributed by atoms with Crippen LogP contribution in [0.25, 0.3) is 27.8 Å². The van der Waals surface area contributed by atoms with Gasteiger partial charge in [-0.3, -0.25) is 5.84 Å². The molecule has 2 unspecified atom stereocenters. The second kappa shape index (κ2) is 10.1. The highest BCUT2D eigenvalue weighted by atomic mass is 32.2. The van der Waals surface area contributed by atoms with E-state index < -0.39 is 0 Å². The second-order valence-electron chi connectivity index (χ2n) is 7.90. The van der Waals surface area contributed by atoms with E-state index in [4.69, 9.17) is 20.2 Å². The van der Waals surface area contributed by atoms with E-state index in [0.717, 1.165) is 59.7 Å². The number of nitrogens with two attached hydrogens (primary N) is 1. The third kappa shape index (κ3) is 5.03. The third-order valence-electron chi connectivity index (χ3n) is 5.60. The second-order valence-corrected chi connectivity index (χ2v) is 8.76. The normalized spacial score (nSPS) is 18.5. The molecule has 3 aromatic heterocycles. The van der Waals surface area contributed by atoms with Gasteiger partial charge < -0.3 is 10.3 Å². The molecule has 0 radical (unpaired) electrons. The molecule has 3 heterocycles. The van der Waals surface area contributed by atoms with Crippen LogP contribution in [0.15, 0.2) is 48.8 Å². The first-order valence-electron chi connectivity index (χ1n) is 10.3. The zero-order valence-electron chi connectivity index (χ0n) is 17.7. The Morgan fingerprint density at radius 1 is 1.28 bits per heavy atom. The summed E-state index contributed by atoms with van der Waals surface area (Å²) in [4.78, 5) is 13.0. The van der Waals surface area contributed by atoms with Crippen LogP contribution in [-0.4, -0.2) is 43.7 Å². The number of benzene rings is 1. The fourth-order valence-electron chi connectivity index (χ4n) is 4.12. The van der Waals surface area contributed by atoms with Gasteiger partial charge in [-0.2, -0.15) is 27.5 Å². The average Bonchev–Trinajstić information content (AvgIpc) is 3.50. The SMILES string of the molecule is CN(N)SOOCC1CCC(Nc2ccnc3cc(-c4ccc5[nH]ccc5c4)nn23)C1.S. The van der Waals surface area contributed by atoms with Crippen LogP contribution in [-0.2, 0) is 9.22 Å². The molecule has 0 aliphatic heterocycles. The van der Waals surface area contributed by atoms with Crippen LogP contribution in [0.5, 0.6) is 0 Å². The molecule has 9 nitrogen and oxygen atoms in total. The number of aromatic nitrogens is 4. The van der Waals surface area contributed by atoms with Gasteiger partial charge in [-0.1, -0.05) is 6.07 Å². The molecule has 1 fully saturated rings. The number of rotatable bonds is 8. The molecule has 1 aliphatic carbocycles. The molecule has 1 saturated carbocycles. The first-order valence-corrected chi connectivity index (χ1v) is 11.0. The molecule has 4 N–H and O–H groups in total. The minimum Gasteiger partial charge on any atom is -0.367 e. The van der Waals surface area contributed by atoms with E-state index in [9.17, 15) is 0 Å². The molecule has 170 valence electrons. The predicted molar refractivity (Wildman–Crippen MR) is 132 cm³/mol. The Morgan fingerprint density at radius 2 is 2.19 bits per heavy atom. The van der Waals surface area contributed by atoms with Crippen molar-refractivity contribution in [1.29, 1.82) is 0 Å². The van der Waals surface area contributed by atoms with Crippen LogP contribution in [0.3, 0.4) is 0 Å². The maximum atomic E-state index is 5.46. The molecule has 0 saturated heterocycles. The third-order valence-corrected chi connectivity index (χ3v) is 5.99. The topological polar surface area (TPSA) is 106 Å². The van der Waals surface area contributed by atoms with Crippen molar-refractivity contribution >= 4 is 48.1 Å². The first kappa shape index (κ1) is 22.9. The predicted octanol–water partition coefficient (Wildman–Crippen LogP) is 3.89. The Kier molecular flexibility index (Phi) is 7.23. The number of nitrogens with one attached hydrogen (secondary N) is 2. The summed E-state index contributed by atoms with van der Waals surface area (Å²) in [5, 5.41) is 9.64. The standard InChI is InChI=1S/C21H25N7O2S.H2S/c1-27(22)31-30-29-13-14-2-4-17(10-14)25-20-7-9-24-21-12-19(26-28(20)21)15-3-5-18-16(11-15)6-8-23-18;/h3,5-9,11-12,14,17,23,25H,2,4,10,13,22H2,1H3;1H2. The molecule has 32 heavy (non-hydrogen) atoms. The molecule has 11 heteroatoms. The Labute approximate surface area is 197 Å². The van der Waals surface area contributed by atoms with Crippen LogP contribution < -0.4 is 11.2 Å². The summed E-state index contributed by atoms with van der Waals surface area (Å²) in [7, 11) is 1.69. The summed E-state index contributed by atoms with van der Waals surface area (Å²) in [5.41, 5.74) is 3.92. The van der Waals surface area contributed by atoms with E-state index in [-0.39, 0.29) is 13.5 Å². The number of H-pyrrole nitrogens is 1. The van der Waals surface area contributed by atoms with Gasteiger partial charge in [0.25, 0.3) is 0 Å². The quantitative estimate of drug-likeness (QED) is 0.0884. The lowest BCUT2D eigenvalue weighted by atomic mass is 10.1. The van der Waals surface area contributed by atoms with Crippen molar-refractivity contribution in [2.75, 3.05) is 19.0 Å². The average molecular weight is 474 g/mol. The Hall–Kier alpha value is -2.28. The zero-order valence-corrected chi connectivity index (χ0v) is 19.5. The van der Waals surface area contributed by atoms with Gasteiger partial charge in [-0.15, -0.1) is 4.33 Å². The number of hydrogen-bond acceptors (Lipinski definition) is 8. The maximum Gasteiger partial charge on any atom is 0.157 e. The van der Waals surface area contributed by atoms with Gasteiger partial charge in [0.1, 0.15) is 18.0 Å². The van der Waals surface area contributed by atoms with Crippen LogP contribution in [0.2, 0.25) is 0 Å². The molecule has 0 spiro atoms. The molecule has 0 amide bonds. The number of aromatic amines is 1. The fraction of sp³-hybridized carbons (Fsp3) is 0.333. The van der Waals surface area contributed by atoms with Crippen molar-refractivity contribution in [3.05, 3.63) is 48.8 Å². The van der Waals surface area contributed by atoms with Crippen molar-refractivity contribution in [2.45, 2.75) is 25.3 Å². The van der Waals surface area contributed by atoms with Crippen LogP contribution in [0.1, 0.15) is 19.3 Å². The minimum atomic E-state index is 0. The monoisotopic (exact) mass is 473 g/mol. The van der Waals surface area contributed by atoms with Crippen molar-refractivity contribution < 1.29 is 9.22 Å². The summed E-state index contributed by atoms with van der Waals surface area (Å²) < 4.78 is 8.24. The smallest absolute Gasteiger partial charge is 0.157 e. The maximum absolute atomic E-state index is 5.46. The molecular weight excluding hydrogens is 446 g/mol. The van der Waals surface area contributed by atoms with E-state index >= 15 is 0 Å². The molecule has 1 aliphatic rings. The van der Waals surface area contributed by atoms with Crippen LogP contribution in [0.4, 0.5) is 5.82 Å². The van der Waals surface area contributed by atoms with Gasteiger partial charge in [-0.25, -0.2) is 9.87 Å². The van der Waals surface area contributed by atoms with Gasteiger partial charge in [-0.05, 0) is 49.4 Å². The molecule has 1 aromatic carbocycles. The highest BCUT2D eigenvalue weighted by Gasteiger charge is 2.26. The largest absolute Gasteiger partial charge is 0.367 e. The van der Waals surface area contributed by atoms with Crippen molar-refractivity contribution in [1.82, 2.24) is 24.0 Å². The fourth-order valence-corrected chi connectivity index (χ4v) is 4.31. The van der Waals surface area contributed by atoms with E-state index in [1.807, 2.05) is 29.0 Å². The van der Waals surface area contributed by atoms with E-state index in [0.29, 0.717) is 18.6 Å². The first-order chi connectivity index (χ1) is 15.2. The van der Waals surface area contributed by atoms with Crippen molar-refractivity contribution in [3.8, 4) is 11.3 Å².